The molecule has 0 saturated carbocycles. The number of nitrogens with zero attached hydrogens (tertiary/aromatic N) is 3. The number of aromatic nitrogens is 3. The van der Waals surface area contributed by atoms with E-state index in [2.05, 4.69) is 15.4 Å². The number of hydrogen-bond donors (Lipinski definition) is 1. The highest BCUT2D eigenvalue weighted by Gasteiger charge is 2.11. The molecular weight excluding hydrogens is 324 g/mol. The van der Waals surface area contributed by atoms with E-state index in [1.54, 1.807) is 24.5 Å². The van der Waals surface area contributed by atoms with Gasteiger partial charge in [-0.2, -0.15) is 4.52 Å². The zero-order chi connectivity index (χ0) is 15.1. The quantitative estimate of drug-likeness (QED) is 0.624. The van der Waals surface area contributed by atoms with Crippen LogP contribution >= 0.6 is 22.9 Å². The number of benzene rings is 1. The van der Waals surface area contributed by atoms with Gasteiger partial charge in [0.25, 0.3) is 5.56 Å². The summed E-state index contributed by atoms with van der Waals surface area (Å²) < 4.78 is 6.54. The average Bonchev–Trinajstić information content (AvgIpc) is 3.13. The van der Waals surface area contributed by atoms with Crippen molar-refractivity contribution in [1.82, 2.24) is 14.6 Å². The Morgan fingerprint density at radius 1 is 1.36 bits per heavy atom. The zero-order valence-corrected chi connectivity index (χ0v) is 12.7. The Hall–Kier alpha value is -2.38. The minimum atomic E-state index is -0.209. The molecule has 22 heavy (non-hydrogen) atoms. The molecule has 0 bridgehead atoms. The number of furan rings is 1. The lowest BCUT2D eigenvalue weighted by atomic mass is 10.2. The number of rotatable bonds is 3. The molecule has 0 aliphatic carbocycles. The van der Waals surface area contributed by atoms with E-state index in [0.29, 0.717) is 32.6 Å². The standard InChI is InChI=1S/C14H9ClN4O2S/c15-8-3-4-10-11(6-8)17-14-19(12(10)20)18-13(22-14)16-7-9-2-1-5-21-9/h1-6H,7H2,(H,16,18). The van der Waals surface area contributed by atoms with Crippen LogP contribution in [0.4, 0.5) is 5.13 Å². The molecule has 0 unspecified atom stereocenters. The van der Waals surface area contributed by atoms with Gasteiger partial charge in [0.05, 0.1) is 23.7 Å². The van der Waals surface area contributed by atoms with Crippen LogP contribution < -0.4 is 10.9 Å². The largest absolute Gasteiger partial charge is 0.467 e. The Labute approximate surface area is 133 Å². The van der Waals surface area contributed by atoms with E-state index in [1.807, 2.05) is 12.1 Å². The van der Waals surface area contributed by atoms with Crippen molar-refractivity contribution in [3.63, 3.8) is 0 Å². The molecule has 4 aromatic rings. The monoisotopic (exact) mass is 332 g/mol. The maximum Gasteiger partial charge on any atom is 0.283 e. The van der Waals surface area contributed by atoms with Crippen LogP contribution in [0.25, 0.3) is 15.9 Å². The van der Waals surface area contributed by atoms with Gasteiger partial charge in [0, 0.05) is 5.02 Å². The summed E-state index contributed by atoms with van der Waals surface area (Å²) in [6.07, 6.45) is 1.61. The Bertz CT molecular complexity index is 1020. The molecule has 0 aliphatic rings. The molecule has 1 aromatic carbocycles. The van der Waals surface area contributed by atoms with Crippen molar-refractivity contribution in [2.24, 2.45) is 0 Å². The number of halogens is 1. The van der Waals surface area contributed by atoms with E-state index in [1.165, 1.54) is 15.9 Å². The van der Waals surface area contributed by atoms with Gasteiger partial charge in [0.1, 0.15) is 5.76 Å². The van der Waals surface area contributed by atoms with E-state index in [-0.39, 0.29) is 5.56 Å². The lowest BCUT2D eigenvalue weighted by molar-refractivity contribution is 0.518. The molecule has 6 nitrogen and oxygen atoms in total. The van der Waals surface area contributed by atoms with Gasteiger partial charge >= 0.3 is 0 Å². The highest BCUT2D eigenvalue weighted by Crippen LogP contribution is 2.21. The van der Waals surface area contributed by atoms with Gasteiger partial charge in [-0.15, -0.1) is 5.10 Å². The van der Waals surface area contributed by atoms with Crippen molar-refractivity contribution >= 4 is 43.9 Å². The second-order valence-electron chi connectivity index (χ2n) is 4.61. The topological polar surface area (TPSA) is 72.4 Å². The molecule has 1 N–H and O–H groups in total. The molecular formula is C14H9ClN4O2S. The van der Waals surface area contributed by atoms with E-state index in [0.717, 1.165) is 5.76 Å². The Morgan fingerprint density at radius 2 is 2.27 bits per heavy atom. The molecule has 0 saturated heterocycles. The van der Waals surface area contributed by atoms with Crippen molar-refractivity contribution in [2.45, 2.75) is 6.54 Å². The first kappa shape index (κ1) is 13.3. The van der Waals surface area contributed by atoms with E-state index < -0.39 is 0 Å². The smallest absolute Gasteiger partial charge is 0.283 e. The van der Waals surface area contributed by atoms with E-state index >= 15 is 0 Å². The lowest BCUT2D eigenvalue weighted by Crippen LogP contribution is -2.15. The molecule has 4 rings (SSSR count). The van der Waals surface area contributed by atoms with Crippen LogP contribution in [0.5, 0.6) is 0 Å². The Balaban J connectivity index is 1.78. The molecule has 3 heterocycles. The van der Waals surface area contributed by atoms with Crippen molar-refractivity contribution in [2.75, 3.05) is 5.32 Å². The van der Waals surface area contributed by atoms with Crippen molar-refractivity contribution in [1.29, 1.82) is 0 Å². The van der Waals surface area contributed by atoms with Crippen LogP contribution in [0, 0.1) is 0 Å². The third-order valence-corrected chi connectivity index (χ3v) is 4.25. The third-order valence-electron chi connectivity index (χ3n) is 3.15. The van der Waals surface area contributed by atoms with Crippen molar-refractivity contribution < 1.29 is 4.42 Å². The Morgan fingerprint density at radius 3 is 3.09 bits per heavy atom. The van der Waals surface area contributed by atoms with Gasteiger partial charge in [-0.05, 0) is 30.3 Å². The maximum absolute atomic E-state index is 12.4. The molecule has 0 radical (unpaired) electrons. The molecule has 0 spiro atoms. The van der Waals surface area contributed by atoms with Crippen molar-refractivity contribution in [3.05, 3.63) is 57.7 Å². The highest BCUT2D eigenvalue weighted by atomic mass is 35.5. The van der Waals surface area contributed by atoms with Crippen LogP contribution in [0.1, 0.15) is 5.76 Å². The summed E-state index contributed by atoms with van der Waals surface area (Å²) in [5.41, 5.74) is 0.359. The predicted molar refractivity (Wildman–Crippen MR) is 85.7 cm³/mol. The summed E-state index contributed by atoms with van der Waals surface area (Å²) in [6.45, 7) is 0.493. The van der Waals surface area contributed by atoms with E-state index in [4.69, 9.17) is 16.0 Å². The summed E-state index contributed by atoms with van der Waals surface area (Å²) in [6, 6.07) is 8.68. The highest BCUT2D eigenvalue weighted by molar-refractivity contribution is 7.20. The van der Waals surface area contributed by atoms with Crippen LogP contribution in [0.15, 0.2) is 45.8 Å². The minimum absolute atomic E-state index is 0.209. The first-order chi connectivity index (χ1) is 10.7. The summed E-state index contributed by atoms with van der Waals surface area (Å²) in [5.74, 6) is 0.788. The second-order valence-corrected chi connectivity index (χ2v) is 6.01. The average molecular weight is 333 g/mol. The molecule has 0 aliphatic heterocycles. The summed E-state index contributed by atoms with van der Waals surface area (Å²) >= 11 is 7.25. The molecule has 8 heteroatoms. The number of fused-ring (bicyclic) bond motifs is 2. The van der Waals surface area contributed by atoms with Crippen molar-refractivity contribution in [3.8, 4) is 0 Å². The first-order valence-electron chi connectivity index (χ1n) is 6.46. The summed E-state index contributed by atoms with van der Waals surface area (Å²) in [5, 5.41) is 9.01. The molecule has 0 amide bonds. The van der Waals surface area contributed by atoms with Gasteiger partial charge < -0.3 is 9.73 Å². The zero-order valence-electron chi connectivity index (χ0n) is 11.1. The van der Waals surface area contributed by atoms with Gasteiger partial charge in [-0.3, -0.25) is 4.79 Å². The van der Waals surface area contributed by atoms with E-state index in [9.17, 15) is 4.79 Å². The maximum atomic E-state index is 12.4. The fraction of sp³-hybridized carbons (Fsp3) is 0.0714. The second kappa shape index (κ2) is 5.11. The SMILES string of the molecule is O=c1c2ccc(Cl)cc2nc2sc(NCc3ccco3)nn12. The fourth-order valence-electron chi connectivity index (χ4n) is 2.13. The molecule has 0 fully saturated rings. The van der Waals surface area contributed by atoms with Gasteiger partial charge in [0.2, 0.25) is 10.1 Å². The van der Waals surface area contributed by atoms with Gasteiger partial charge in [-0.25, -0.2) is 4.98 Å². The van der Waals surface area contributed by atoms with Crippen LogP contribution in [0.3, 0.4) is 0 Å². The predicted octanol–water partition coefficient (Wildman–Crippen LogP) is 3.16. The Kier molecular flexibility index (Phi) is 3.09. The van der Waals surface area contributed by atoms with Gasteiger partial charge in [-0.1, -0.05) is 22.9 Å². The molecule has 0 atom stereocenters. The summed E-state index contributed by atoms with van der Waals surface area (Å²) in [7, 11) is 0. The molecule has 110 valence electrons. The first-order valence-corrected chi connectivity index (χ1v) is 7.65. The number of hydrogen-bond acceptors (Lipinski definition) is 6. The van der Waals surface area contributed by atoms with Gasteiger partial charge in [0.15, 0.2) is 0 Å². The normalized spacial score (nSPS) is 11.3. The van der Waals surface area contributed by atoms with Crippen LogP contribution in [-0.4, -0.2) is 14.6 Å². The van der Waals surface area contributed by atoms with Crippen LogP contribution in [-0.2, 0) is 6.54 Å². The summed E-state index contributed by atoms with van der Waals surface area (Å²) in [4.78, 5) is 17.4. The molecule has 3 aromatic heterocycles. The van der Waals surface area contributed by atoms with Crippen LogP contribution in [0.2, 0.25) is 5.02 Å². The minimum Gasteiger partial charge on any atom is -0.467 e. The fourth-order valence-corrected chi connectivity index (χ4v) is 3.09. The lowest BCUT2D eigenvalue weighted by Gasteiger charge is -1.97. The third kappa shape index (κ3) is 2.24. The number of nitrogens with one attached hydrogen (secondary N) is 1. The number of anilines is 1.